The van der Waals surface area contributed by atoms with Crippen molar-refractivity contribution in [3.8, 4) is 5.75 Å². The van der Waals surface area contributed by atoms with E-state index in [2.05, 4.69) is 9.97 Å². The fourth-order valence-corrected chi connectivity index (χ4v) is 2.21. The Morgan fingerprint density at radius 1 is 1.25 bits per heavy atom. The third-order valence-electron chi connectivity index (χ3n) is 2.45. The van der Waals surface area contributed by atoms with Gasteiger partial charge in [-0.2, -0.15) is 0 Å². The van der Waals surface area contributed by atoms with Gasteiger partial charge in [0.15, 0.2) is 5.58 Å². The molecule has 0 radical (unpaired) electrons. The normalized spacial score (nSPS) is 10.6. The molecule has 20 heavy (non-hydrogen) atoms. The highest BCUT2D eigenvalue weighted by molar-refractivity contribution is 7.99. The molecule has 100 valence electrons. The van der Waals surface area contributed by atoms with Gasteiger partial charge >= 0.3 is 5.97 Å². The third-order valence-corrected chi connectivity index (χ3v) is 3.26. The van der Waals surface area contributed by atoms with Crippen LogP contribution in [0.3, 0.4) is 0 Å². The number of benzene rings is 1. The van der Waals surface area contributed by atoms with Crippen LogP contribution in [0.15, 0.2) is 58.4 Å². The number of ether oxygens (including phenoxy) is 1. The third kappa shape index (κ3) is 2.97. The van der Waals surface area contributed by atoms with Crippen LogP contribution in [0.1, 0.15) is 0 Å². The average molecular weight is 286 g/mol. The van der Waals surface area contributed by atoms with Crippen LogP contribution < -0.4 is 4.74 Å². The zero-order valence-corrected chi connectivity index (χ0v) is 11.2. The van der Waals surface area contributed by atoms with Crippen LogP contribution in [0.25, 0.3) is 11.1 Å². The molecule has 3 rings (SSSR count). The Hall–Kier alpha value is -2.34. The molecule has 5 nitrogen and oxygen atoms in total. The van der Waals surface area contributed by atoms with Crippen molar-refractivity contribution in [1.82, 2.24) is 9.97 Å². The first-order chi connectivity index (χ1) is 9.81. The van der Waals surface area contributed by atoms with E-state index in [1.807, 2.05) is 24.3 Å². The lowest BCUT2D eigenvalue weighted by atomic mass is 10.3. The molecular formula is C14H10N2O3S. The molecule has 0 amide bonds. The second-order valence-electron chi connectivity index (χ2n) is 3.90. The van der Waals surface area contributed by atoms with Crippen LogP contribution in [0.5, 0.6) is 5.75 Å². The van der Waals surface area contributed by atoms with Crippen LogP contribution >= 0.6 is 11.8 Å². The van der Waals surface area contributed by atoms with Crippen LogP contribution in [-0.2, 0) is 4.79 Å². The van der Waals surface area contributed by atoms with E-state index < -0.39 is 0 Å². The highest BCUT2D eigenvalue weighted by atomic mass is 32.2. The Bertz CT molecular complexity index is 694. The molecule has 1 aromatic carbocycles. The molecule has 0 unspecified atom stereocenters. The van der Waals surface area contributed by atoms with E-state index in [4.69, 9.17) is 9.15 Å². The van der Waals surface area contributed by atoms with Gasteiger partial charge < -0.3 is 9.15 Å². The summed E-state index contributed by atoms with van der Waals surface area (Å²) < 4.78 is 10.6. The first kappa shape index (κ1) is 12.7. The topological polar surface area (TPSA) is 65.2 Å². The standard InChI is InChI=1S/C14H10N2O3S/c17-13(18-10-4-3-7-15-8-10)9-20-14-16-11-5-1-2-6-12(11)19-14/h1-8H,9H2. The first-order valence-electron chi connectivity index (χ1n) is 5.90. The predicted octanol–water partition coefficient (Wildman–Crippen LogP) is 2.92. The maximum Gasteiger partial charge on any atom is 0.321 e. The Balaban J connectivity index is 1.60. The van der Waals surface area contributed by atoms with E-state index in [9.17, 15) is 4.79 Å². The van der Waals surface area contributed by atoms with Gasteiger partial charge in [0.05, 0.1) is 6.20 Å². The van der Waals surface area contributed by atoms with Gasteiger partial charge in [0.25, 0.3) is 5.22 Å². The lowest BCUT2D eigenvalue weighted by Crippen LogP contribution is -2.10. The Kier molecular flexibility index (Phi) is 3.64. The Labute approximate surface area is 119 Å². The number of pyridine rings is 1. The second kappa shape index (κ2) is 5.75. The van der Waals surface area contributed by atoms with Gasteiger partial charge in [-0.3, -0.25) is 9.78 Å². The maximum absolute atomic E-state index is 11.7. The number of esters is 1. The zero-order chi connectivity index (χ0) is 13.8. The van der Waals surface area contributed by atoms with Gasteiger partial charge in [-0.25, -0.2) is 4.98 Å². The lowest BCUT2D eigenvalue weighted by molar-refractivity contribution is -0.131. The first-order valence-corrected chi connectivity index (χ1v) is 6.89. The average Bonchev–Trinajstić information content (AvgIpc) is 2.89. The van der Waals surface area contributed by atoms with Crippen LogP contribution in [0.4, 0.5) is 0 Å². The van der Waals surface area contributed by atoms with Gasteiger partial charge in [0, 0.05) is 6.20 Å². The molecule has 0 atom stereocenters. The molecule has 0 aliphatic rings. The van der Waals surface area contributed by atoms with Gasteiger partial charge in [-0.15, -0.1) is 0 Å². The maximum atomic E-state index is 11.7. The summed E-state index contributed by atoms with van der Waals surface area (Å²) >= 11 is 1.20. The monoisotopic (exact) mass is 286 g/mol. The minimum absolute atomic E-state index is 0.127. The highest BCUT2D eigenvalue weighted by Crippen LogP contribution is 2.23. The van der Waals surface area contributed by atoms with Crippen molar-refractivity contribution in [3.63, 3.8) is 0 Å². The zero-order valence-electron chi connectivity index (χ0n) is 10.4. The fraction of sp³-hybridized carbons (Fsp3) is 0.0714. The summed E-state index contributed by atoms with van der Waals surface area (Å²) in [6, 6.07) is 10.8. The molecule has 0 aliphatic carbocycles. The summed E-state index contributed by atoms with van der Waals surface area (Å²) in [7, 11) is 0. The summed E-state index contributed by atoms with van der Waals surface area (Å²) in [5.41, 5.74) is 1.48. The molecular weight excluding hydrogens is 276 g/mol. The molecule has 0 saturated heterocycles. The van der Waals surface area contributed by atoms with Crippen molar-refractivity contribution in [2.45, 2.75) is 5.22 Å². The molecule has 2 heterocycles. The molecule has 6 heteroatoms. The van der Waals surface area contributed by atoms with E-state index in [0.29, 0.717) is 16.6 Å². The molecule has 0 fully saturated rings. The van der Waals surface area contributed by atoms with E-state index >= 15 is 0 Å². The van der Waals surface area contributed by atoms with Crippen LogP contribution in [-0.4, -0.2) is 21.7 Å². The fourth-order valence-electron chi connectivity index (χ4n) is 1.60. The van der Waals surface area contributed by atoms with Gasteiger partial charge in [0.1, 0.15) is 17.0 Å². The number of nitrogens with zero attached hydrogens (tertiary/aromatic N) is 2. The van der Waals surface area contributed by atoms with Crippen molar-refractivity contribution in [2.75, 3.05) is 5.75 Å². The van der Waals surface area contributed by atoms with Gasteiger partial charge in [0.2, 0.25) is 0 Å². The second-order valence-corrected chi connectivity index (χ2v) is 4.83. The Morgan fingerprint density at radius 2 is 2.15 bits per heavy atom. The molecule has 0 bridgehead atoms. The minimum Gasteiger partial charge on any atom is -0.431 e. The van der Waals surface area contributed by atoms with Gasteiger partial charge in [-0.1, -0.05) is 23.9 Å². The summed E-state index contributed by atoms with van der Waals surface area (Å²) in [5.74, 6) is 0.183. The van der Waals surface area contributed by atoms with Crippen LogP contribution in [0.2, 0.25) is 0 Å². The molecule has 0 saturated carbocycles. The van der Waals surface area contributed by atoms with Crippen molar-refractivity contribution in [1.29, 1.82) is 0 Å². The number of aromatic nitrogens is 2. The number of rotatable bonds is 4. The lowest BCUT2D eigenvalue weighted by Gasteiger charge is -2.01. The largest absolute Gasteiger partial charge is 0.431 e. The van der Waals surface area contributed by atoms with E-state index in [-0.39, 0.29) is 11.7 Å². The number of carbonyl (C=O) groups is 1. The number of para-hydroxylation sites is 2. The number of fused-ring (bicyclic) bond motifs is 1. The number of hydrogen-bond acceptors (Lipinski definition) is 6. The van der Waals surface area contributed by atoms with Crippen molar-refractivity contribution in [2.24, 2.45) is 0 Å². The van der Waals surface area contributed by atoms with E-state index in [0.717, 1.165) is 5.52 Å². The number of thioether (sulfide) groups is 1. The summed E-state index contributed by atoms with van der Waals surface area (Å²) in [4.78, 5) is 19.8. The number of carbonyl (C=O) groups excluding carboxylic acids is 1. The summed E-state index contributed by atoms with van der Waals surface area (Å²) in [6.45, 7) is 0. The Morgan fingerprint density at radius 3 is 2.95 bits per heavy atom. The molecule has 0 aliphatic heterocycles. The van der Waals surface area contributed by atoms with Crippen LogP contribution in [0, 0.1) is 0 Å². The SMILES string of the molecule is O=C(CSc1nc2ccccc2o1)Oc1cccnc1. The quantitative estimate of drug-likeness (QED) is 0.542. The van der Waals surface area contributed by atoms with Crippen molar-refractivity contribution < 1.29 is 13.9 Å². The van der Waals surface area contributed by atoms with E-state index in [1.165, 1.54) is 18.0 Å². The van der Waals surface area contributed by atoms with Crippen molar-refractivity contribution in [3.05, 3.63) is 48.8 Å². The smallest absolute Gasteiger partial charge is 0.321 e. The summed E-state index contributed by atoms with van der Waals surface area (Å²) in [6.07, 6.45) is 3.10. The molecule has 3 aromatic rings. The molecule has 0 spiro atoms. The summed E-state index contributed by atoms with van der Waals surface area (Å²) in [5, 5.41) is 0.453. The molecule has 0 N–H and O–H groups in total. The molecule has 2 aromatic heterocycles. The van der Waals surface area contributed by atoms with Crippen molar-refractivity contribution >= 4 is 28.8 Å². The van der Waals surface area contributed by atoms with E-state index in [1.54, 1.807) is 18.3 Å². The minimum atomic E-state index is -0.370. The number of oxazole rings is 1. The van der Waals surface area contributed by atoms with Gasteiger partial charge in [-0.05, 0) is 24.3 Å². The predicted molar refractivity (Wildman–Crippen MR) is 74.6 cm³/mol. The highest BCUT2D eigenvalue weighted by Gasteiger charge is 2.10. The number of hydrogen-bond donors (Lipinski definition) is 0.